The molecule has 1 N–H and O–H groups in total. The summed E-state index contributed by atoms with van der Waals surface area (Å²) in [5.41, 5.74) is 0.414. The molecule has 1 aromatic rings. The molecule has 3 rings (SSSR count). The summed E-state index contributed by atoms with van der Waals surface area (Å²) >= 11 is 0. The Labute approximate surface area is 118 Å². The minimum Gasteiger partial charge on any atom is -0.379 e. The molecular formula is C13H21N5O2. The smallest absolute Gasteiger partial charge is 0.276 e. The molecule has 0 spiro atoms. The third kappa shape index (κ3) is 3.16. The summed E-state index contributed by atoms with van der Waals surface area (Å²) in [7, 11) is 0. The van der Waals surface area contributed by atoms with E-state index in [2.05, 4.69) is 20.3 Å². The van der Waals surface area contributed by atoms with Crippen LogP contribution in [0.15, 0.2) is 6.20 Å². The number of aromatic amines is 1. The number of hydrogen-bond donors (Lipinski definition) is 1. The van der Waals surface area contributed by atoms with Crippen molar-refractivity contribution in [3.63, 3.8) is 0 Å². The standard InChI is InChI=1S/C13H21N5O2/c19-13(12-8-14-16-15-12)18-3-1-2-11(10-18)9-17-4-6-20-7-5-17/h8,11H,1-7,9-10H2,(H,14,15,16). The zero-order valence-corrected chi connectivity index (χ0v) is 11.6. The summed E-state index contributed by atoms with van der Waals surface area (Å²) in [5, 5.41) is 10.1. The molecule has 7 heteroatoms. The Balaban J connectivity index is 1.54. The first-order valence-electron chi connectivity index (χ1n) is 7.28. The summed E-state index contributed by atoms with van der Waals surface area (Å²) in [5.74, 6) is 0.545. The highest BCUT2D eigenvalue weighted by Gasteiger charge is 2.27. The van der Waals surface area contributed by atoms with Crippen LogP contribution in [0.3, 0.4) is 0 Å². The largest absolute Gasteiger partial charge is 0.379 e. The molecule has 2 fully saturated rings. The van der Waals surface area contributed by atoms with Crippen molar-refractivity contribution in [1.82, 2.24) is 25.2 Å². The Bertz CT molecular complexity index is 430. The van der Waals surface area contributed by atoms with E-state index >= 15 is 0 Å². The molecule has 1 aromatic heterocycles. The van der Waals surface area contributed by atoms with Gasteiger partial charge in [0.25, 0.3) is 5.91 Å². The molecule has 0 aromatic carbocycles. The lowest BCUT2D eigenvalue weighted by Crippen LogP contribution is -2.46. The number of ether oxygens (including phenoxy) is 1. The first-order chi connectivity index (χ1) is 9.83. The molecule has 2 saturated heterocycles. The van der Waals surface area contributed by atoms with E-state index in [4.69, 9.17) is 4.74 Å². The summed E-state index contributed by atoms with van der Waals surface area (Å²) in [6.45, 7) is 6.38. The molecule has 1 unspecified atom stereocenters. The zero-order valence-electron chi connectivity index (χ0n) is 11.6. The molecule has 7 nitrogen and oxygen atoms in total. The van der Waals surface area contributed by atoms with Gasteiger partial charge >= 0.3 is 0 Å². The van der Waals surface area contributed by atoms with Crippen molar-refractivity contribution in [1.29, 1.82) is 0 Å². The van der Waals surface area contributed by atoms with E-state index in [1.807, 2.05) is 4.90 Å². The van der Waals surface area contributed by atoms with Crippen molar-refractivity contribution in [2.24, 2.45) is 5.92 Å². The van der Waals surface area contributed by atoms with Crippen LogP contribution in [0, 0.1) is 5.92 Å². The van der Waals surface area contributed by atoms with E-state index in [1.54, 1.807) is 0 Å². The van der Waals surface area contributed by atoms with Crippen molar-refractivity contribution in [3.05, 3.63) is 11.9 Å². The second kappa shape index (κ2) is 6.32. The number of nitrogens with one attached hydrogen (secondary N) is 1. The number of H-pyrrole nitrogens is 1. The lowest BCUT2D eigenvalue weighted by Gasteiger charge is -2.36. The normalized spacial score (nSPS) is 24.8. The molecule has 0 bridgehead atoms. The zero-order chi connectivity index (χ0) is 13.8. The Hall–Kier alpha value is -1.47. The third-order valence-corrected chi connectivity index (χ3v) is 4.06. The highest BCUT2D eigenvalue weighted by molar-refractivity contribution is 5.91. The fourth-order valence-electron chi connectivity index (χ4n) is 3.01. The summed E-state index contributed by atoms with van der Waals surface area (Å²) in [4.78, 5) is 16.6. The number of carbonyl (C=O) groups excluding carboxylic acids is 1. The molecular weight excluding hydrogens is 258 g/mol. The van der Waals surface area contributed by atoms with E-state index in [0.717, 1.165) is 52.4 Å². The second-order valence-electron chi connectivity index (χ2n) is 5.53. The highest BCUT2D eigenvalue weighted by Crippen LogP contribution is 2.19. The van der Waals surface area contributed by atoms with E-state index < -0.39 is 0 Å². The average Bonchev–Trinajstić information content (AvgIpc) is 3.02. The van der Waals surface area contributed by atoms with Crippen LogP contribution in [0.2, 0.25) is 0 Å². The van der Waals surface area contributed by atoms with Gasteiger partial charge in [-0.15, -0.1) is 0 Å². The Morgan fingerprint density at radius 1 is 1.40 bits per heavy atom. The first kappa shape index (κ1) is 13.5. The van der Waals surface area contributed by atoms with Crippen LogP contribution in [-0.4, -0.2) is 77.1 Å². The molecule has 3 heterocycles. The summed E-state index contributed by atoms with van der Waals surface area (Å²) in [6, 6.07) is 0. The van der Waals surface area contributed by atoms with E-state index in [1.165, 1.54) is 12.6 Å². The van der Waals surface area contributed by atoms with Gasteiger partial charge in [0.15, 0.2) is 5.69 Å². The molecule has 0 saturated carbocycles. The monoisotopic (exact) mass is 279 g/mol. The lowest BCUT2D eigenvalue weighted by molar-refractivity contribution is 0.0223. The number of aromatic nitrogens is 3. The number of rotatable bonds is 3. The maximum absolute atomic E-state index is 12.3. The summed E-state index contributed by atoms with van der Waals surface area (Å²) in [6.07, 6.45) is 3.76. The van der Waals surface area contributed by atoms with E-state index in [0.29, 0.717) is 11.6 Å². The van der Waals surface area contributed by atoms with Crippen molar-refractivity contribution in [2.45, 2.75) is 12.8 Å². The maximum Gasteiger partial charge on any atom is 0.276 e. The lowest BCUT2D eigenvalue weighted by atomic mass is 9.97. The molecule has 1 atom stereocenters. The fraction of sp³-hybridized carbons (Fsp3) is 0.769. The second-order valence-corrected chi connectivity index (χ2v) is 5.53. The predicted molar refractivity (Wildman–Crippen MR) is 72.3 cm³/mol. The van der Waals surface area contributed by atoms with Gasteiger partial charge in [-0.05, 0) is 18.8 Å². The van der Waals surface area contributed by atoms with Gasteiger partial charge in [0.2, 0.25) is 0 Å². The molecule has 1 amide bonds. The average molecular weight is 279 g/mol. The van der Waals surface area contributed by atoms with Gasteiger partial charge in [-0.3, -0.25) is 9.69 Å². The van der Waals surface area contributed by atoms with Crippen LogP contribution >= 0.6 is 0 Å². The number of carbonyl (C=O) groups is 1. The van der Waals surface area contributed by atoms with Gasteiger partial charge in [-0.1, -0.05) is 0 Å². The van der Waals surface area contributed by atoms with Crippen molar-refractivity contribution < 1.29 is 9.53 Å². The SMILES string of the molecule is O=C(c1cn[nH]n1)N1CCCC(CN2CCOCC2)C1. The van der Waals surface area contributed by atoms with Gasteiger partial charge in [0, 0.05) is 32.7 Å². The van der Waals surface area contributed by atoms with Crippen LogP contribution < -0.4 is 0 Å². The number of nitrogens with zero attached hydrogens (tertiary/aromatic N) is 4. The quantitative estimate of drug-likeness (QED) is 0.842. The molecule has 0 radical (unpaired) electrons. The highest BCUT2D eigenvalue weighted by atomic mass is 16.5. The van der Waals surface area contributed by atoms with Crippen molar-refractivity contribution in [2.75, 3.05) is 45.9 Å². The molecule has 110 valence electrons. The van der Waals surface area contributed by atoms with Gasteiger partial charge in [-0.25, -0.2) is 0 Å². The number of morpholine rings is 1. The van der Waals surface area contributed by atoms with E-state index in [9.17, 15) is 4.79 Å². The van der Waals surface area contributed by atoms with Crippen LogP contribution in [-0.2, 0) is 4.74 Å². The van der Waals surface area contributed by atoms with Crippen LogP contribution in [0.25, 0.3) is 0 Å². The van der Waals surface area contributed by atoms with Crippen molar-refractivity contribution in [3.8, 4) is 0 Å². The molecule has 20 heavy (non-hydrogen) atoms. The predicted octanol–water partition coefficient (Wildman–Crippen LogP) is -0.0109. The van der Waals surface area contributed by atoms with Gasteiger partial charge in [-0.2, -0.15) is 15.4 Å². The first-order valence-corrected chi connectivity index (χ1v) is 7.28. The summed E-state index contributed by atoms with van der Waals surface area (Å²) < 4.78 is 5.37. The number of piperidine rings is 1. The number of likely N-dealkylation sites (tertiary alicyclic amines) is 1. The van der Waals surface area contributed by atoms with Gasteiger partial charge < -0.3 is 9.64 Å². The molecule has 0 aliphatic carbocycles. The van der Waals surface area contributed by atoms with Gasteiger partial charge in [0.05, 0.1) is 19.4 Å². The van der Waals surface area contributed by atoms with Crippen molar-refractivity contribution >= 4 is 5.91 Å². The van der Waals surface area contributed by atoms with E-state index in [-0.39, 0.29) is 5.91 Å². The molecule has 2 aliphatic rings. The third-order valence-electron chi connectivity index (χ3n) is 4.06. The Morgan fingerprint density at radius 3 is 3.00 bits per heavy atom. The van der Waals surface area contributed by atoms with Crippen LogP contribution in [0.1, 0.15) is 23.3 Å². The minimum atomic E-state index is -0.00886. The fourth-order valence-corrected chi connectivity index (χ4v) is 3.01. The van der Waals surface area contributed by atoms with Crippen LogP contribution in [0.5, 0.6) is 0 Å². The number of amides is 1. The number of hydrogen-bond acceptors (Lipinski definition) is 5. The Kier molecular flexibility index (Phi) is 4.27. The van der Waals surface area contributed by atoms with Gasteiger partial charge in [0.1, 0.15) is 0 Å². The molecule has 2 aliphatic heterocycles. The topological polar surface area (TPSA) is 74.4 Å². The Morgan fingerprint density at radius 2 is 2.25 bits per heavy atom. The minimum absolute atomic E-state index is 0.00886. The maximum atomic E-state index is 12.3. The van der Waals surface area contributed by atoms with Crippen LogP contribution in [0.4, 0.5) is 0 Å².